The molecule has 0 radical (unpaired) electrons. The summed E-state index contributed by atoms with van der Waals surface area (Å²) >= 11 is 3.40. The molecule has 1 unspecified atom stereocenters. The van der Waals surface area contributed by atoms with E-state index >= 15 is 0 Å². The van der Waals surface area contributed by atoms with Gasteiger partial charge < -0.3 is 10.6 Å². The number of aromatic nitrogens is 1. The van der Waals surface area contributed by atoms with Crippen LogP contribution >= 0.6 is 47.1 Å². The molecule has 10 heteroatoms. The second-order valence-electron chi connectivity index (χ2n) is 5.22. The maximum absolute atomic E-state index is 11.2. The lowest BCUT2D eigenvalue weighted by molar-refractivity contribution is 0.581. The van der Waals surface area contributed by atoms with Crippen LogP contribution in [0.25, 0.3) is 0 Å². The molecule has 2 N–H and O–H groups in total. The molecule has 0 aliphatic heterocycles. The van der Waals surface area contributed by atoms with E-state index < -0.39 is 9.84 Å². The Morgan fingerprint density at radius 1 is 1.50 bits per heavy atom. The van der Waals surface area contributed by atoms with Crippen molar-refractivity contribution in [3.8, 4) is 0 Å². The van der Waals surface area contributed by atoms with E-state index in [1.54, 1.807) is 23.1 Å². The first kappa shape index (κ1) is 23.9. The number of nitrogens with zero attached hydrogens (tertiary/aromatic N) is 2. The summed E-state index contributed by atoms with van der Waals surface area (Å²) in [5.41, 5.74) is 0. The van der Waals surface area contributed by atoms with Crippen LogP contribution in [0.15, 0.2) is 20.9 Å². The number of nitrogens with one attached hydrogen (secondary N) is 2. The van der Waals surface area contributed by atoms with E-state index in [0.717, 1.165) is 35.6 Å². The van der Waals surface area contributed by atoms with Crippen molar-refractivity contribution in [1.82, 2.24) is 15.6 Å². The van der Waals surface area contributed by atoms with E-state index in [9.17, 15) is 8.42 Å². The van der Waals surface area contributed by atoms with Gasteiger partial charge in [-0.25, -0.2) is 13.4 Å². The highest BCUT2D eigenvalue weighted by molar-refractivity contribution is 14.0. The molecule has 1 aromatic heterocycles. The molecule has 0 aliphatic rings. The molecule has 140 valence electrons. The van der Waals surface area contributed by atoms with Crippen LogP contribution in [0.2, 0.25) is 0 Å². The molecular formula is C14H27IN4O2S3. The Morgan fingerprint density at radius 3 is 2.83 bits per heavy atom. The Kier molecular flexibility index (Phi) is 13.1. The average Bonchev–Trinajstić information content (AvgIpc) is 2.97. The number of aliphatic imine (C=N–C) groups is 1. The van der Waals surface area contributed by atoms with E-state index in [-0.39, 0.29) is 35.8 Å². The molecular weight excluding hydrogens is 479 g/mol. The SMILES string of the molecule is CCNC(=NCCCSc1nccs1)NC(C)CCS(C)(=O)=O.I. The van der Waals surface area contributed by atoms with Gasteiger partial charge in [-0.05, 0) is 26.7 Å². The minimum Gasteiger partial charge on any atom is -0.357 e. The third-order valence-corrected chi connectivity index (χ3v) is 5.89. The smallest absolute Gasteiger partial charge is 0.191 e. The zero-order valence-electron chi connectivity index (χ0n) is 14.3. The first-order valence-corrected chi connectivity index (χ1v) is 11.6. The molecule has 6 nitrogen and oxygen atoms in total. The predicted molar refractivity (Wildman–Crippen MR) is 116 cm³/mol. The van der Waals surface area contributed by atoms with Gasteiger partial charge in [-0.2, -0.15) is 0 Å². The predicted octanol–water partition coefficient (Wildman–Crippen LogP) is 2.62. The highest BCUT2D eigenvalue weighted by atomic mass is 127. The van der Waals surface area contributed by atoms with Crippen LogP contribution in [-0.4, -0.2) is 56.3 Å². The fourth-order valence-corrected chi connectivity index (χ4v) is 4.13. The quantitative estimate of drug-likeness (QED) is 0.167. The molecule has 0 aromatic carbocycles. The Hall–Kier alpha value is -0.0700. The third-order valence-electron chi connectivity index (χ3n) is 2.86. The summed E-state index contributed by atoms with van der Waals surface area (Å²) in [4.78, 5) is 8.76. The van der Waals surface area contributed by atoms with Crippen molar-refractivity contribution in [2.24, 2.45) is 4.99 Å². The van der Waals surface area contributed by atoms with Crippen molar-refractivity contribution in [1.29, 1.82) is 0 Å². The first-order valence-electron chi connectivity index (χ1n) is 7.65. The van der Waals surface area contributed by atoms with Gasteiger partial charge >= 0.3 is 0 Å². The number of rotatable bonds is 10. The standard InChI is InChI=1S/C14H26N4O2S3.HI/c1-4-15-13(18-12(2)6-11-23(3,19)20)16-7-5-9-21-14-17-8-10-22-14;/h8,10,12H,4-7,9,11H2,1-3H3,(H2,15,16,18);1H. The number of guanidine groups is 1. The highest BCUT2D eigenvalue weighted by Crippen LogP contribution is 2.20. The van der Waals surface area contributed by atoms with E-state index in [1.165, 1.54) is 6.26 Å². The molecule has 0 saturated carbocycles. The number of hydrogen-bond donors (Lipinski definition) is 2. The molecule has 0 saturated heterocycles. The molecule has 1 rings (SSSR count). The summed E-state index contributed by atoms with van der Waals surface area (Å²) < 4.78 is 23.5. The third kappa shape index (κ3) is 12.3. The number of hydrogen-bond acceptors (Lipinski definition) is 6. The first-order chi connectivity index (χ1) is 10.9. The van der Waals surface area contributed by atoms with Crippen LogP contribution in [0.5, 0.6) is 0 Å². The van der Waals surface area contributed by atoms with Crippen molar-refractivity contribution in [2.75, 3.05) is 30.9 Å². The van der Waals surface area contributed by atoms with Crippen LogP contribution in [0, 0.1) is 0 Å². The molecule has 0 amide bonds. The second kappa shape index (κ2) is 13.2. The Morgan fingerprint density at radius 2 is 2.25 bits per heavy atom. The van der Waals surface area contributed by atoms with E-state index in [4.69, 9.17) is 0 Å². The largest absolute Gasteiger partial charge is 0.357 e. The minimum atomic E-state index is -2.92. The second-order valence-corrected chi connectivity index (χ2v) is 9.72. The van der Waals surface area contributed by atoms with Gasteiger partial charge in [0.25, 0.3) is 0 Å². The van der Waals surface area contributed by atoms with Crippen LogP contribution in [0.3, 0.4) is 0 Å². The molecule has 1 atom stereocenters. The summed E-state index contributed by atoms with van der Waals surface area (Å²) in [6, 6.07) is 0.0622. The normalized spacial score (nSPS) is 13.2. The number of halogens is 1. The minimum absolute atomic E-state index is 0. The Balaban J connectivity index is 0.00000529. The zero-order valence-corrected chi connectivity index (χ0v) is 19.1. The van der Waals surface area contributed by atoms with Gasteiger partial charge in [0.15, 0.2) is 5.96 Å². The van der Waals surface area contributed by atoms with Gasteiger partial charge in [-0.1, -0.05) is 11.8 Å². The van der Waals surface area contributed by atoms with Crippen molar-refractivity contribution in [2.45, 2.75) is 37.1 Å². The van der Waals surface area contributed by atoms with Crippen LogP contribution in [0.4, 0.5) is 0 Å². The zero-order chi connectivity index (χ0) is 17.1. The van der Waals surface area contributed by atoms with Gasteiger partial charge in [0.2, 0.25) is 0 Å². The number of sulfone groups is 1. The summed E-state index contributed by atoms with van der Waals surface area (Å²) in [6.07, 6.45) is 4.62. The lowest BCUT2D eigenvalue weighted by atomic mass is 10.3. The van der Waals surface area contributed by atoms with Crippen molar-refractivity contribution < 1.29 is 8.42 Å². The summed E-state index contributed by atoms with van der Waals surface area (Å²) in [7, 11) is -2.92. The van der Waals surface area contributed by atoms with Gasteiger partial charge in [0.05, 0.1) is 5.75 Å². The fraction of sp³-hybridized carbons (Fsp3) is 0.714. The monoisotopic (exact) mass is 506 g/mol. The Labute approximate surface area is 170 Å². The number of thioether (sulfide) groups is 1. The lowest BCUT2D eigenvalue weighted by Gasteiger charge is -2.17. The molecule has 0 bridgehead atoms. The van der Waals surface area contributed by atoms with E-state index in [1.807, 2.05) is 25.4 Å². The maximum atomic E-state index is 11.2. The van der Waals surface area contributed by atoms with Gasteiger partial charge in [0, 0.05) is 42.7 Å². The highest BCUT2D eigenvalue weighted by Gasteiger charge is 2.09. The van der Waals surface area contributed by atoms with E-state index in [0.29, 0.717) is 6.42 Å². The topological polar surface area (TPSA) is 83.4 Å². The van der Waals surface area contributed by atoms with Crippen molar-refractivity contribution in [3.05, 3.63) is 11.6 Å². The summed E-state index contributed by atoms with van der Waals surface area (Å²) in [5.74, 6) is 1.91. The number of thiazole rings is 1. The molecule has 24 heavy (non-hydrogen) atoms. The van der Waals surface area contributed by atoms with Crippen LogP contribution < -0.4 is 10.6 Å². The van der Waals surface area contributed by atoms with Gasteiger partial charge in [0.1, 0.15) is 14.2 Å². The average molecular weight is 507 g/mol. The molecule has 0 aliphatic carbocycles. The van der Waals surface area contributed by atoms with Gasteiger partial charge in [-0.3, -0.25) is 4.99 Å². The molecule has 1 heterocycles. The van der Waals surface area contributed by atoms with Gasteiger partial charge in [-0.15, -0.1) is 35.3 Å². The summed E-state index contributed by atoms with van der Waals surface area (Å²) in [6.45, 7) is 5.48. The van der Waals surface area contributed by atoms with E-state index in [2.05, 4.69) is 20.6 Å². The molecule has 0 fully saturated rings. The fourth-order valence-electron chi connectivity index (χ4n) is 1.71. The van der Waals surface area contributed by atoms with Crippen molar-refractivity contribution in [3.63, 3.8) is 0 Å². The lowest BCUT2D eigenvalue weighted by Crippen LogP contribution is -2.42. The van der Waals surface area contributed by atoms with Crippen LogP contribution in [-0.2, 0) is 9.84 Å². The molecule has 0 spiro atoms. The molecule has 1 aromatic rings. The Bertz CT molecular complexity index is 565. The van der Waals surface area contributed by atoms with Crippen LogP contribution in [0.1, 0.15) is 26.7 Å². The summed E-state index contributed by atoms with van der Waals surface area (Å²) in [5, 5.41) is 8.42. The van der Waals surface area contributed by atoms with Crippen molar-refractivity contribution >= 4 is 62.9 Å². The maximum Gasteiger partial charge on any atom is 0.191 e.